The maximum absolute atomic E-state index is 6.18. The molecule has 3 nitrogen and oxygen atoms in total. The first-order valence-corrected chi connectivity index (χ1v) is 7.41. The Bertz CT molecular complexity index is 814. The van der Waals surface area contributed by atoms with Gasteiger partial charge in [0.25, 0.3) is 0 Å². The monoisotopic (exact) mass is 340 g/mol. The lowest BCUT2D eigenvalue weighted by Crippen LogP contribution is -2.01. The largest absolute Gasteiger partial charge is 0.441 e. The van der Waals surface area contributed by atoms with Crippen molar-refractivity contribution in [3.63, 3.8) is 0 Å². The van der Waals surface area contributed by atoms with Crippen LogP contribution in [-0.4, -0.2) is 4.98 Å². The van der Waals surface area contributed by atoms with Crippen molar-refractivity contribution in [2.24, 2.45) is 0 Å². The molecule has 0 aliphatic carbocycles. The highest BCUT2D eigenvalue weighted by atomic mass is 35.5. The van der Waals surface area contributed by atoms with E-state index in [9.17, 15) is 0 Å². The molecule has 0 aliphatic rings. The first-order valence-electron chi connectivity index (χ1n) is 6.28. The fourth-order valence-electron chi connectivity index (χ4n) is 2.07. The lowest BCUT2D eigenvalue weighted by molar-refractivity contribution is 0.561. The standard InChI is InChI=1S/C15H11Cl3N2O/c1-8-20-13-6-9(2-5-14(13)21-8)19-7-10-11(16)3-4-12(17)15(10)18/h2-6,19H,7H2,1H3. The molecule has 6 heteroatoms. The fourth-order valence-corrected chi connectivity index (χ4v) is 2.76. The third-order valence-corrected chi connectivity index (χ3v) is 4.30. The van der Waals surface area contributed by atoms with Crippen LogP contribution >= 0.6 is 34.8 Å². The molecule has 0 saturated carbocycles. The number of nitrogens with zero attached hydrogens (tertiary/aromatic N) is 1. The lowest BCUT2D eigenvalue weighted by Gasteiger charge is -2.10. The van der Waals surface area contributed by atoms with Gasteiger partial charge in [-0.2, -0.15) is 0 Å². The molecular weight excluding hydrogens is 331 g/mol. The molecule has 1 aromatic heterocycles. The highest BCUT2D eigenvalue weighted by molar-refractivity contribution is 6.44. The number of hydrogen-bond acceptors (Lipinski definition) is 3. The molecule has 1 heterocycles. The minimum atomic E-state index is 0.468. The Morgan fingerprint density at radius 3 is 2.67 bits per heavy atom. The Balaban J connectivity index is 1.85. The number of aromatic nitrogens is 1. The summed E-state index contributed by atoms with van der Waals surface area (Å²) in [5, 5.41) is 4.80. The summed E-state index contributed by atoms with van der Waals surface area (Å²) in [5.74, 6) is 0.642. The maximum Gasteiger partial charge on any atom is 0.192 e. The molecule has 2 aromatic carbocycles. The number of oxazole rings is 1. The van der Waals surface area contributed by atoms with E-state index in [1.165, 1.54) is 0 Å². The van der Waals surface area contributed by atoms with Crippen molar-refractivity contribution in [3.8, 4) is 0 Å². The van der Waals surface area contributed by atoms with Gasteiger partial charge in [0.1, 0.15) is 5.52 Å². The number of halogens is 3. The molecule has 0 saturated heterocycles. The van der Waals surface area contributed by atoms with Gasteiger partial charge in [-0.1, -0.05) is 34.8 Å². The van der Waals surface area contributed by atoms with Crippen molar-refractivity contribution in [2.45, 2.75) is 13.5 Å². The topological polar surface area (TPSA) is 38.1 Å². The van der Waals surface area contributed by atoms with E-state index < -0.39 is 0 Å². The van der Waals surface area contributed by atoms with E-state index in [0.717, 1.165) is 22.4 Å². The second-order valence-electron chi connectivity index (χ2n) is 4.59. The van der Waals surface area contributed by atoms with Gasteiger partial charge in [0.05, 0.1) is 10.0 Å². The molecule has 0 radical (unpaired) electrons. The van der Waals surface area contributed by atoms with Crippen molar-refractivity contribution >= 4 is 51.6 Å². The molecule has 0 fully saturated rings. The van der Waals surface area contributed by atoms with Crippen LogP contribution in [-0.2, 0) is 6.54 Å². The molecule has 0 aliphatic heterocycles. The van der Waals surface area contributed by atoms with Gasteiger partial charge in [-0.25, -0.2) is 4.98 Å². The van der Waals surface area contributed by atoms with Crippen LogP contribution in [0, 0.1) is 6.92 Å². The lowest BCUT2D eigenvalue weighted by atomic mass is 10.2. The average molecular weight is 342 g/mol. The van der Waals surface area contributed by atoms with Gasteiger partial charge in [0.2, 0.25) is 0 Å². The Labute approximate surface area is 136 Å². The Kier molecular flexibility index (Phi) is 3.98. The Hall–Kier alpha value is -1.42. The average Bonchev–Trinajstić information content (AvgIpc) is 2.82. The Morgan fingerprint density at radius 1 is 1.10 bits per heavy atom. The zero-order valence-corrected chi connectivity index (χ0v) is 13.4. The zero-order valence-electron chi connectivity index (χ0n) is 11.1. The van der Waals surface area contributed by atoms with Gasteiger partial charge in [0.15, 0.2) is 11.5 Å². The number of fused-ring (bicyclic) bond motifs is 1. The van der Waals surface area contributed by atoms with Crippen LogP contribution in [0.2, 0.25) is 15.1 Å². The quantitative estimate of drug-likeness (QED) is 0.620. The van der Waals surface area contributed by atoms with Crippen LogP contribution in [0.25, 0.3) is 11.1 Å². The molecule has 108 valence electrons. The predicted octanol–water partition coefficient (Wildman–Crippen LogP) is 5.71. The van der Waals surface area contributed by atoms with E-state index in [-0.39, 0.29) is 0 Å². The molecular formula is C15H11Cl3N2O. The van der Waals surface area contributed by atoms with Gasteiger partial charge in [0, 0.05) is 29.7 Å². The van der Waals surface area contributed by atoms with E-state index >= 15 is 0 Å². The number of hydrogen-bond donors (Lipinski definition) is 1. The maximum atomic E-state index is 6.18. The zero-order chi connectivity index (χ0) is 15.0. The van der Waals surface area contributed by atoms with Crippen molar-refractivity contribution in [1.82, 2.24) is 4.98 Å². The van der Waals surface area contributed by atoms with Crippen LogP contribution in [0.5, 0.6) is 0 Å². The van der Waals surface area contributed by atoms with E-state index in [1.54, 1.807) is 12.1 Å². The summed E-state index contributed by atoms with van der Waals surface area (Å²) in [4.78, 5) is 4.30. The minimum Gasteiger partial charge on any atom is -0.441 e. The van der Waals surface area contributed by atoms with Crippen LogP contribution in [0.15, 0.2) is 34.7 Å². The third-order valence-electron chi connectivity index (χ3n) is 3.10. The molecule has 0 unspecified atom stereocenters. The van der Waals surface area contributed by atoms with Gasteiger partial charge in [-0.3, -0.25) is 0 Å². The summed E-state index contributed by atoms with van der Waals surface area (Å²) in [6.45, 7) is 2.29. The molecule has 1 N–H and O–H groups in total. The first kappa shape index (κ1) is 14.5. The highest BCUT2D eigenvalue weighted by Gasteiger charge is 2.10. The van der Waals surface area contributed by atoms with E-state index in [1.807, 2.05) is 25.1 Å². The molecule has 0 amide bonds. The molecule has 0 spiro atoms. The second kappa shape index (κ2) is 5.76. The van der Waals surface area contributed by atoms with Crippen LogP contribution in [0.3, 0.4) is 0 Å². The number of nitrogens with one attached hydrogen (secondary N) is 1. The summed E-state index contributed by atoms with van der Waals surface area (Å²) >= 11 is 18.3. The second-order valence-corrected chi connectivity index (χ2v) is 5.78. The molecule has 0 atom stereocenters. The fraction of sp³-hybridized carbons (Fsp3) is 0.133. The number of rotatable bonds is 3. The summed E-state index contributed by atoms with van der Waals surface area (Å²) in [6, 6.07) is 9.12. The Morgan fingerprint density at radius 2 is 1.86 bits per heavy atom. The normalized spacial score (nSPS) is 11.0. The first-order chi connectivity index (χ1) is 10.0. The van der Waals surface area contributed by atoms with Gasteiger partial charge < -0.3 is 9.73 Å². The third kappa shape index (κ3) is 2.95. The summed E-state index contributed by atoms with van der Waals surface area (Å²) in [5.41, 5.74) is 3.24. The van der Waals surface area contributed by atoms with E-state index in [0.29, 0.717) is 27.5 Å². The van der Waals surface area contributed by atoms with Crippen LogP contribution in [0.4, 0.5) is 5.69 Å². The van der Waals surface area contributed by atoms with Gasteiger partial charge in [-0.05, 0) is 30.3 Å². The van der Waals surface area contributed by atoms with Gasteiger partial charge in [-0.15, -0.1) is 0 Å². The van der Waals surface area contributed by atoms with Gasteiger partial charge >= 0.3 is 0 Å². The van der Waals surface area contributed by atoms with Crippen molar-refractivity contribution in [3.05, 3.63) is 56.9 Å². The predicted molar refractivity (Wildman–Crippen MR) is 87.5 cm³/mol. The SMILES string of the molecule is Cc1nc2cc(NCc3c(Cl)ccc(Cl)c3Cl)ccc2o1. The van der Waals surface area contributed by atoms with Crippen LogP contribution < -0.4 is 5.32 Å². The van der Waals surface area contributed by atoms with Crippen LogP contribution in [0.1, 0.15) is 11.5 Å². The number of anilines is 1. The summed E-state index contributed by atoms with van der Waals surface area (Å²) < 4.78 is 5.44. The summed E-state index contributed by atoms with van der Waals surface area (Å²) in [7, 11) is 0. The van der Waals surface area contributed by atoms with Crippen molar-refractivity contribution in [1.29, 1.82) is 0 Å². The molecule has 3 aromatic rings. The highest BCUT2D eigenvalue weighted by Crippen LogP contribution is 2.32. The molecule has 3 rings (SSSR count). The minimum absolute atomic E-state index is 0.468. The smallest absolute Gasteiger partial charge is 0.192 e. The number of aryl methyl sites for hydroxylation is 1. The number of benzene rings is 2. The molecule has 21 heavy (non-hydrogen) atoms. The molecule has 0 bridgehead atoms. The van der Waals surface area contributed by atoms with Crippen molar-refractivity contribution < 1.29 is 4.42 Å². The van der Waals surface area contributed by atoms with E-state index in [4.69, 9.17) is 39.2 Å². The van der Waals surface area contributed by atoms with E-state index in [2.05, 4.69) is 10.3 Å². The summed E-state index contributed by atoms with van der Waals surface area (Å²) in [6.07, 6.45) is 0. The van der Waals surface area contributed by atoms with Crippen molar-refractivity contribution in [2.75, 3.05) is 5.32 Å².